The Morgan fingerprint density at radius 2 is 1.83 bits per heavy atom. The van der Waals surface area contributed by atoms with E-state index in [-0.39, 0.29) is 11.4 Å². The van der Waals surface area contributed by atoms with Crippen molar-refractivity contribution in [2.75, 3.05) is 4.72 Å². The van der Waals surface area contributed by atoms with Crippen LogP contribution in [0.1, 0.15) is 0 Å². The molecule has 0 aliphatic rings. The molecule has 0 aromatic heterocycles. The van der Waals surface area contributed by atoms with E-state index < -0.39 is 4.92 Å². The summed E-state index contributed by atoms with van der Waals surface area (Å²) in [6.45, 7) is 0. The third-order valence-corrected chi connectivity index (χ3v) is 4.69. The van der Waals surface area contributed by atoms with Crippen LogP contribution >= 0.6 is 27.9 Å². The molecule has 0 unspecified atom stereocenters. The zero-order valence-electron chi connectivity index (χ0n) is 11.7. The molecule has 7 heteroatoms. The molecule has 0 amide bonds. The van der Waals surface area contributed by atoms with E-state index >= 15 is 0 Å². The Kier molecular flexibility index (Phi) is 4.40. The van der Waals surface area contributed by atoms with Gasteiger partial charge in [-0.3, -0.25) is 10.1 Å². The van der Waals surface area contributed by atoms with E-state index in [1.165, 1.54) is 24.1 Å². The van der Waals surface area contributed by atoms with Gasteiger partial charge in [0.2, 0.25) is 0 Å². The maximum atomic E-state index is 10.8. The molecule has 0 saturated heterocycles. The van der Waals surface area contributed by atoms with Gasteiger partial charge in [-0.05, 0) is 40.0 Å². The van der Waals surface area contributed by atoms with Gasteiger partial charge in [-0.15, -0.1) is 0 Å². The first-order valence-corrected chi connectivity index (χ1v) is 8.25. The Balaban J connectivity index is 1.92. The van der Waals surface area contributed by atoms with Crippen molar-refractivity contribution in [3.8, 4) is 5.75 Å². The summed E-state index contributed by atoms with van der Waals surface area (Å²) in [7, 11) is 0. The fraction of sp³-hybridized carbons (Fsp3) is 0. The number of phenolic OH excluding ortho intramolecular Hbond substituents is 1. The van der Waals surface area contributed by atoms with Crippen LogP contribution in [-0.4, -0.2) is 10.0 Å². The van der Waals surface area contributed by atoms with Crippen molar-refractivity contribution in [2.24, 2.45) is 0 Å². The van der Waals surface area contributed by atoms with Crippen LogP contribution in [-0.2, 0) is 0 Å². The Labute approximate surface area is 144 Å². The largest absolute Gasteiger partial charge is 0.506 e. The number of non-ortho nitro benzene ring substituents is 1. The van der Waals surface area contributed by atoms with Gasteiger partial charge in [-0.2, -0.15) is 0 Å². The number of nitro groups is 1. The van der Waals surface area contributed by atoms with Crippen molar-refractivity contribution in [3.05, 3.63) is 69.2 Å². The molecule has 3 rings (SSSR count). The summed E-state index contributed by atoms with van der Waals surface area (Å²) in [5, 5.41) is 22.5. The number of hydrogen-bond acceptors (Lipinski definition) is 5. The summed E-state index contributed by atoms with van der Waals surface area (Å²) in [6, 6.07) is 15.7. The van der Waals surface area contributed by atoms with Crippen molar-refractivity contribution in [2.45, 2.75) is 4.90 Å². The molecule has 116 valence electrons. The zero-order valence-corrected chi connectivity index (χ0v) is 14.1. The molecule has 0 heterocycles. The van der Waals surface area contributed by atoms with Crippen LogP contribution in [0.5, 0.6) is 5.75 Å². The molecule has 0 saturated carbocycles. The second-order valence-electron chi connectivity index (χ2n) is 4.76. The van der Waals surface area contributed by atoms with Crippen LogP contribution in [0.4, 0.5) is 11.4 Å². The molecule has 0 bridgehead atoms. The number of fused-ring (bicyclic) bond motifs is 1. The minimum Gasteiger partial charge on any atom is -0.506 e. The van der Waals surface area contributed by atoms with E-state index in [4.69, 9.17) is 0 Å². The molecule has 0 aliphatic carbocycles. The number of nitrogens with zero attached hydrogens (tertiary/aromatic N) is 1. The lowest BCUT2D eigenvalue weighted by atomic mass is 10.1. The molecule has 3 aromatic carbocycles. The zero-order chi connectivity index (χ0) is 16.4. The molecule has 3 aromatic rings. The Hall–Kier alpha value is -2.25. The van der Waals surface area contributed by atoms with Crippen LogP contribution in [0.2, 0.25) is 0 Å². The topological polar surface area (TPSA) is 75.4 Å². The van der Waals surface area contributed by atoms with Crippen molar-refractivity contribution in [1.29, 1.82) is 0 Å². The Morgan fingerprint density at radius 1 is 1.09 bits per heavy atom. The molecule has 5 nitrogen and oxygen atoms in total. The van der Waals surface area contributed by atoms with Crippen molar-refractivity contribution >= 4 is 50.0 Å². The number of phenols is 1. The minimum absolute atomic E-state index is 0.0496. The van der Waals surface area contributed by atoms with Gasteiger partial charge in [0.15, 0.2) is 0 Å². The van der Waals surface area contributed by atoms with Gasteiger partial charge < -0.3 is 9.83 Å². The van der Waals surface area contributed by atoms with E-state index in [1.54, 1.807) is 18.2 Å². The number of nitrogens with one attached hydrogen (secondary N) is 1. The predicted octanol–water partition coefficient (Wildman–Crippen LogP) is 5.34. The first-order valence-electron chi connectivity index (χ1n) is 6.64. The molecule has 0 aliphatic heterocycles. The highest BCUT2D eigenvalue weighted by Gasteiger charge is 2.11. The number of hydrogen-bond donors (Lipinski definition) is 2. The summed E-state index contributed by atoms with van der Waals surface area (Å²) in [5.41, 5.74) is 0.857. The predicted molar refractivity (Wildman–Crippen MR) is 95.9 cm³/mol. The molecular weight excluding hydrogens is 380 g/mol. The summed E-state index contributed by atoms with van der Waals surface area (Å²) < 4.78 is 3.77. The average Bonchev–Trinajstić information content (AvgIpc) is 2.57. The fourth-order valence-electron chi connectivity index (χ4n) is 2.18. The van der Waals surface area contributed by atoms with Crippen molar-refractivity contribution < 1.29 is 10.0 Å². The summed E-state index contributed by atoms with van der Waals surface area (Å²) >= 11 is 4.61. The highest BCUT2D eigenvalue weighted by atomic mass is 79.9. The maximum absolute atomic E-state index is 10.8. The Morgan fingerprint density at radius 3 is 2.57 bits per heavy atom. The van der Waals surface area contributed by atoms with Crippen LogP contribution in [0.25, 0.3) is 10.8 Å². The van der Waals surface area contributed by atoms with E-state index in [2.05, 4.69) is 20.7 Å². The Bertz CT molecular complexity index is 902. The van der Waals surface area contributed by atoms with Crippen LogP contribution in [0.15, 0.2) is 64.0 Å². The molecule has 0 fully saturated rings. The van der Waals surface area contributed by atoms with Crippen LogP contribution in [0, 0.1) is 10.1 Å². The number of benzene rings is 3. The standard InChI is InChI=1S/C16H11BrN2O3S/c17-14-9-15(12-6-1-2-7-13(12)16(14)20)18-23-11-5-3-4-10(8-11)19(21)22/h1-9,18,20H. The van der Waals surface area contributed by atoms with E-state index in [1.807, 2.05) is 24.3 Å². The maximum Gasteiger partial charge on any atom is 0.270 e. The minimum atomic E-state index is -0.420. The highest BCUT2D eigenvalue weighted by molar-refractivity contribution is 9.10. The van der Waals surface area contributed by atoms with Gasteiger partial charge in [0.05, 0.1) is 15.1 Å². The third-order valence-electron chi connectivity index (χ3n) is 3.28. The second kappa shape index (κ2) is 6.47. The van der Waals surface area contributed by atoms with E-state index in [0.29, 0.717) is 4.47 Å². The molecule has 0 radical (unpaired) electrons. The van der Waals surface area contributed by atoms with Gasteiger partial charge in [0.25, 0.3) is 5.69 Å². The first kappa shape index (κ1) is 15.6. The fourth-order valence-corrected chi connectivity index (χ4v) is 3.35. The quantitative estimate of drug-likeness (QED) is 0.272. The summed E-state index contributed by atoms with van der Waals surface area (Å²) in [6.07, 6.45) is 0. The van der Waals surface area contributed by atoms with E-state index in [9.17, 15) is 15.2 Å². The van der Waals surface area contributed by atoms with Gasteiger partial charge >= 0.3 is 0 Å². The molecule has 0 atom stereocenters. The average molecular weight is 391 g/mol. The SMILES string of the molecule is O=[N+]([O-])c1cccc(SNc2cc(Br)c(O)c3ccccc23)c1. The number of nitro benzene ring substituents is 1. The highest BCUT2D eigenvalue weighted by Crippen LogP contribution is 2.39. The lowest BCUT2D eigenvalue weighted by Crippen LogP contribution is -1.91. The summed E-state index contributed by atoms with van der Waals surface area (Å²) in [5.74, 6) is 0.187. The molecule has 2 N–H and O–H groups in total. The second-order valence-corrected chi connectivity index (χ2v) is 6.49. The van der Waals surface area contributed by atoms with Gasteiger partial charge in [0, 0.05) is 27.8 Å². The molecule has 23 heavy (non-hydrogen) atoms. The van der Waals surface area contributed by atoms with Crippen LogP contribution in [0.3, 0.4) is 0 Å². The van der Waals surface area contributed by atoms with Crippen molar-refractivity contribution in [1.82, 2.24) is 0 Å². The normalized spacial score (nSPS) is 10.7. The van der Waals surface area contributed by atoms with Gasteiger partial charge in [-0.1, -0.05) is 30.3 Å². The smallest absolute Gasteiger partial charge is 0.270 e. The first-order chi connectivity index (χ1) is 11.1. The number of rotatable bonds is 4. The third kappa shape index (κ3) is 3.25. The number of aromatic hydroxyl groups is 1. The van der Waals surface area contributed by atoms with Crippen LogP contribution < -0.4 is 4.72 Å². The lowest BCUT2D eigenvalue weighted by Gasteiger charge is -2.11. The monoisotopic (exact) mass is 390 g/mol. The lowest BCUT2D eigenvalue weighted by molar-refractivity contribution is -0.385. The van der Waals surface area contributed by atoms with Gasteiger partial charge in [0.1, 0.15) is 5.75 Å². The van der Waals surface area contributed by atoms with Gasteiger partial charge in [-0.25, -0.2) is 0 Å². The summed E-state index contributed by atoms with van der Waals surface area (Å²) in [4.78, 5) is 11.1. The number of anilines is 1. The molecule has 0 spiro atoms. The van der Waals surface area contributed by atoms with E-state index in [0.717, 1.165) is 21.4 Å². The van der Waals surface area contributed by atoms with Crippen molar-refractivity contribution in [3.63, 3.8) is 0 Å². The number of halogens is 1. The molecular formula is C16H11BrN2O3S.